The number of carbonyl (C=O) groups excluding carboxylic acids is 2. The molecule has 2 aromatic rings. The second kappa shape index (κ2) is 7.33. The maximum atomic E-state index is 12.9. The minimum Gasteiger partial charge on any atom is -0.380 e. The van der Waals surface area contributed by atoms with Crippen molar-refractivity contribution in [2.45, 2.75) is 18.4 Å². The van der Waals surface area contributed by atoms with E-state index in [9.17, 15) is 20.0 Å². The summed E-state index contributed by atoms with van der Waals surface area (Å²) in [4.78, 5) is 32.9. The summed E-state index contributed by atoms with van der Waals surface area (Å²) < 4.78 is 0. The van der Waals surface area contributed by atoms with Gasteiger partial charge >= 0.3 is 0 Å². The van der Waals surface area contributed by atoms with Crippen LogP contribution in [0.15, 0.2) is 47.5 Å². The van der Waals surface area contributed by atoms with Crippen molar-refractivity contribution in [1.29, 1.82) is 5.26 Å². The zero-order valence-corrected chi connectivity index (χ0v) is 17.0. The molecule has 2 amide bonds. The average Bonchev–Trinajstić information content (AvgIpc) is 3.44. The lowest BCUT2D eigenvalue weighted by Gasteiger charge is -2.35. The Labute approximate surface area is 179 Å². The lowest BCUT2D eigenvalue weighted by molar-refractivity contribution is -0.143. The number of aliphatic hydroxyl groups is 1. The molecule has 3 aliphatic rings. The first-order valence-electron chi connectivity index (χ1n) is 10.5. The highest BCUT2D eigenvalue weighted by Crippen LogP contribution is 2.37. The Hall–Kier alpha value is -3.50. The molecule has 2 fully saturated rings. The molecule has 1 saturated carbocycles. The minimum absolute atomic E-state index is 0.0587. The van der Waals surface area contributed by atoms with Gasteiger partial charge in [-0.1, -0.05) is 18.2 Å². The molecule has 156 valence electrons. The van der Waals surface area contributed by atoms with Crippen molar-refractivity contribution in [3.63, 3.8) is 0 Å². The van der Waals surface area contributed by atoms with Crippen molar-refractivity contribution >= 4 is 17.4 Å². The van der Waals surface area contributed by atoms with Gasteiger partial charge in [0.05, 0.1) is 23.5 Å². The quantitative estimate of drug-likeness (QED) is 0.790. The van der Waals surface area contributed by atoms with Crippen LogP contribution in [0.25, 0.3) is 16.7 Å². The van der Waals surface area contributed by atoms with Crippen LogP contribution in [0.5, 0.6) is 0 Å². The molecule has 0 aromatic heterocycles. The third-order valence-electron chi connectivity index (χ3n) is 6.31. The number of hydrogen-bond donors (Lipinski definition) is 1. The van der Waals surface area contributed by atoms with Crippen LogP contribution in [0.4, 0.5) is 0 Å². The van der Waals surface area contributed by atoms with Gasteiger partial charge < -0.3 is 14.9 Å². The molecule has 0 atom stereocenters. The summed E-state index contributed by atoms with van der Waals surface area (Å²) in [5.41, 5.74) is 2.07. The van der Waals surface area contributed by atoms with Crippen LogP contribution >= 0.6 is 0 Å². The van der Waals surface area contributed by atoms with Gasteiger partial charge in [-0.3, -0.25) is 14.6 Å². The lowest BCUT2D eigenvalue weighted by Crippen LogP contribution is -2.53. The van der Waals surface area contributed by atoms with Gasteiger partial charge in [0.15, 0.2) is 0 Å². The molecule has 2 aliphatic heterocycles. The number of carbonyl (C=O) groups is 2. The van der Waals surface area contributed by atoms with E-state index >= 15 is 0 Å². The first-order valence-corrected chi connectivity index (χ1v) is 10.5. The molecular weight excluding hydrogens is 392 g/mol. The van der Waals surface area contributed by atoms with E-state index in [2.05, 4.69) is 11.1 Å². The van der Waals surface area contributed by atoms with Gasteiger partial charge in [0.2, 0.25) is 0 Å². The third-order valence-corrected chi connectivity index (χ3v) is 6.31. The summed E-state index contributed by atoms with van der Waals surface area (Å²) in [6, 6.07) is 15.5. The van der Waals surface area contributed by atoms with Crippen LogP contribution in [0.2, 0.25) is 0 Å². The van der Waals surface area contributed by atoms with Crippen LogP contribution in [0, 0.1) is 11.3 Å². The van der Waals surface area contributed by atoms with Crippen molar-refractivity contribution in [3.8, 4) is 17.2 Å². The molecule has 31 heavy (non-hydrogen) atoms. The van der Waals surface area contributed by atoms with Crippen LogP contribution in [0.1, 0.15) is 23.2 Å². The molecule has 7 heteroatoms. The number of fused-ring (bicyclic) bond motifs is 1. The molecule has 1 aliphatic carbocycles. The molecular formula is C24H22N4O3. The number of nitrogens with zero attached hydrogens (tertiary/aromatic N) is 4. The number of hydrogen-bond acceptors (Lipinski definition) is 5. The largest absolute Gasteiger partial charge is 0.380 e. The Balaban J connectivity index is 1.28. The van der Waals surface area contributed by atoms with E-state index in [-0.39, 0.29) is 11.8 Å². The van der Waals surface area contributed by atoms with Gasteiger partial charge in [0, 0.05) is 37.0 Å². The monoisotopic (exact) mass is 414 g/mol. The van der Waals surface area contributed by atoms with Crippen LogP contribution in [-0.2, 0) is 4.79 Å². The SMILES string of the molecule is N#CC1=c2cc(-c3ccc(C(=O)N4CCN(C(=O)C5(O)CC5)CC4)cc3)ccc2=NC1. The second-order valence-electron chi connectivity index (χ2n) is 8.33. The van der Waals surface area contributed by atoms with E-state index in [1.54, 1.807) is 9.80 Å². The predicted octanol–water partition coefficient (Wildman–Crippen LogP) is 0.470. The molecule has 1 saturated heterocycles. The van der Waals surface area contributed by atoms with Crippen LogP contribution in [0.3, 0.4) is 0 Å². The Morgan fingerprint density at radius 3 is 2.26 bits per heavy atom. The van der Waals surface area contributed by atoms with E-state index in [0.29, 0.717) is 56.7 Å². The summed E-state index contributed by atoms with van der Waals surface area (Å²) in [7, 11) is 0. The molecule has 5 rings (SSSR count). The van der Waals surface area contributed by atoms with Gasteiger partial charge in [-0.05, 0) is 48.2 Å². The van der Waals surface area contributed by atoms with Crippen molar-refractivity contribution in [1.82, 2.24) is 9.80 Å². The summed E-state index contributed by atoms with van der Waals surface area (Å²) in [5.74, 6) is -0.264. The average molecular weight is 414 g/mol. The van der Waals surface area contributed by atoms with Gasteiger partial charge in [0.25, 0.3) is 11.8 Å². The highest BCUT2D eigenvalue weighted by atomic mass is 16.3. The fraction of sp³-hybridized carbons (Fsp3) is 0.333. The van der Waals surface area contributed by atoms with Crippen LogP contribution in [-0.4, -0.2) is 65.0 Å². The Morgan fingerprint density at radius 2 is 1.61 bits per heavy atom. The highest BCUT2D eigenvalue weighted by molar-refractivity contribution is 5.95. The van der Waals surface area contributed by atoms with E-state index < -0.39 is 5.60 Å². The number of amides is 2. The van der Waals surface area contributed by atoms with E-state index in [1.807, 2.05) is 42.5 Å². The van der Waals surface area contributed by atoms with E-state index in [4.69, 9.17) is 0 Å². The van der Waals surface area contributed by atoms with Gasteiger partial charge in [-0.2, -0.15) is 5.26 Å². The maximum absolute atomic E-state index is 12.9. The second-order valence-corrected chi connectivity index (χ2v) is 8.33. The maximum Gasteiger partial charge on any atom is 0.254 e. The molecule has 7 nitrogen and oxygen atoms in total. The fourth-order valence-electron chi connectivity index (χ4n) is 4.17. The Bertz CT molecular complexity index is 1230. The molecule has 0 bridgehead atoms. The van der Waals surface area contributed by atoms with Crippen molar-refractivity contribution in [3.05, 3.63) is 58.6 Å². The van der Waals surface area contributed by atoms with Crippen molar-refractivity contribution in [2.75, 3.05) is 32.7 Å². The normalized spacial score (nSPS) is 18.8. The molecule has 2 heterocycles. The first kappa shape index (κ1) is 19.5. The molecule has 0 unspecified atom stereocenters. The number of piperazine rings is 1. The smallest absolute Gasteiger partial charge is 0.254 e. The topological polar surface area (TPSA) is 97.0 Å². The zero-order chi connectivity index (χ0) is 21.6. The van der Waals surface area contributed by atoms with E-state index in [0.717, 1.165) is 21.7 Å². The molecule has 1 N–H and O–H groups in total. The third kappa shape index (κ3) is 3.49. The Morgan fingerprint density at radius 1 is 0.968 bits per heavy atom. The van der Waals surface area contributed by atoms with E-state index in [1.165, 1.54) is 0 Å². The predicted molar refractivity (Wildman–Crippen MR) is 113 cm³/mol. The van der Waals surface area contributed by atoms with Crippen LogP contribution < -0.4 is 10.6 Å². The number of rotatable bonds is 3. The first-order chi connectivity index (χ1) is 15.0. The molecule has 0 radical (unpaired) electrons. The summed E-state index contributed by atoms with van der Waals surface area (Å²) in [6.07, 6.45) is 1.07. The Kier molecular flexibility index (Phi) is 4.60. The fourth-order valence-corrected chi connectivity index (χ4v) is 4.17. The van der Waals surface area contributed by atoms with Gasteiger partial charge in [-0.25, -0.2) is 0 Å². The van der Waals surface area contributed by atoms with Crippen molar-refractivity contribution in [2.24, 2.45) is 4.99 Å². The minimum atomic E-state index is -1.15. The van der Waals surface area contributed by atoms with Crippen molar-refractivity contribution < 1.29 is 14.7 Å². The zero-order valence-electron chi connectivity index (χ0n) is 17.0. The standard InChI is InChI=1S/C24H22N4O3/c25-14-19-15-26-21-6-5-18(13-20(19)21)16-1-3-17(4-2-16)22(29)27-9-11-28(12-10-27)23(30)24(31)7-8-24/h1-6,13,31H,7-12,15H2. The highest BCUT2D eigenvalue weighted by Gasteiger charge is 2.50. The number of nitriles is 1. The molecule has 0 spiro atoms. The van der Waals surface area contributed by atoms with Gasteiger partial charge in [0.1, 0.15) is 5.60 Å². The van der Waals surface area contributed by atoms with Gasteiger partial charge in [-0.15, -0.1) is 0 Å². The number of benzene rings is 2. The summed E-state index contributed by atoms with van der Waals surface area (Å²) in [6.45, 7) is 2.25. The molecule has 2 aromatic carbocycles. The summed E-state index contributed by atoms with van der Waals surface area (Å²) >= 11 is 0. The lowest BCUT2D eigenvalue weighted by atomic mass is 10.0. The summed E-state index contributed by atoms with van der Waals surface area (Å²) in [5, 5.41) is 21.0.